The number of esters is 1. The fourth-order valence-electron chi connectivity index (χ4n) is 1.36. The van der Waals surface area contributed by atoms with E-state index in [1.165, 1.54) is 7.11 Å². The minimum Gasteiger partial charge on any atom is -0.468 e. The van der Waals surface area contributed by atoms with Crippen molar-refractivity contribution in [2.45, 2.75) is 32.4 Å². The van der Waals surface area contributed by atoms with Crippen molar-refractivity contribution in [3.05, 3.63) is 0 Å². The molecule has 0 aliphatic carbocycles. The highest BCUT2D eigenvalue weighted by Crippen LogP contribution is 2.15. The Morgan fingerprint density at radius 2 is 1.86 bits per heavy atom. The van der Waals surface area contributed by atoms with Crippen LogP contribution in [0.1, 0.15) is 27.2 Å². The number of carbonyl (C=O) groups excluding carboxylic acids is 1. The minimum absolute atomic E-state index is 0.0327. The van der Waals surface area contributed by atoms with Gasteiger partial charge in [-0.1, -0.05) is 20.8 Å². The van der Waals surface area contributed by atoms with Gasteiger partial charge in [-0.3, -0.25) is 4.79 Å². The van der Waals surface area contributed by atoms with Gasteiger partial charge in [-0.15, -0.1) is 0 Å². The van der Waals surface area contributed by atoms with Crippen LogP contribution in [-0.2, 0) is 19.4 Å². The molecule has 0 N–H and O–H groups in total. The number of ether oxygens (including phenoxy) is 1. The van der Waals surface area contributed by atoms with Crippen molar-refractivity contribution in [3.63, 3.8) is 0 Å². The molecular weight excluding hydrogens is 204 g/mol. The number of sulfone groups is 1. The molecule has 0 radical (unpaired) electrons. The van der Waals surface area contributed by atoms with E-state index in [0.29, 0.717) is 6.42 Å². The molecule has 0 bridgehead atoms. The van der Waals surface area contributed by atoms with Gasteiger partial charge in [0.2, 0.25) is 0 Å². The fourth-order valence-corrected chi connectivity index (χ4v) is 3.40. The van der Waals surface area contributed by atoms with E-state index in [1.807, 2.05) is 0 Å². The highest BCUT2D eigenvalue weighted by atomic mass is 32.2. The number of rotatable bonds is 5. The molecule has 1 atom stereocenters. The molecule has 0 aliphatic heterocycles. The van der Waals surface area contributed by atoms with Crippen molar-refractivity contribution in [1.29, 1.82) is 0 Å². The van der Waals surface area contributed by atoms with Gasteiger partial charge in [-0.25, -0.2) is 8.42 Å². The monoisotopic (exact) mass is 222 g/mol. The average Bonchev–Trinajstić information content (AvgIpc) is 2.02. The minimum atomic E-state index is -3.36. The third-order valence-electron chi connectivity index (χ3n) is 1.91. The van der Waals surface area contributed by atoms with E-state index in [2.05, 4.69) is 4.74 Å². The van der Waals surface area contributed by atoms with E-state index < -0.39 is 21.1 Å². The number of methoxy groups -OCH3 is 1. The van der Waals surface area contributed by atoms with E-state index >= 15 is 0 Å². The fraction of sp³-hybridized carbons (Fsp3) is 0.889. The van der Waals surface area contributed by atoms with Crippen LogP contribution >= 0.6 is 0 Å². The molecule has 0 aromatic heterocycles. The third kappa shape index (κ3) is 3.29. The molecular formula is C9H18O4S. The second-order valence-corrected chi connectivity index (χ2v) is 5.80. The Kier molecular flexibility index (Phi) is 5.12. The maximum Gasteiger partial charge on any atom is 0.324 e. The predicted molar refractivity (Wildman–Crippen MR) is 54.7 cm³/mol. The molecule has 0 spiro atoms. The lowest BCUT2D eigenvalue weighted by Gasteiger charge is -2.18. The van der Waals surface area contributed by atoms with Gasteiger partial charge in [0.1, 0.15) is 0 Å². The van der Waals surface area contributed by atoms with E-state index in [-0.39, 0.29) is 11.7 Å². The Hall–Kier alpha value is -0.580. The van der Waals surface area contributed by atoms with Crippen LogP contribution in [0.5, 0.6) is 0 Å². The summed E-state index contributed by atoms with van der Waals surface area (Å²) < 4.78 is 27.8. The molecule has 0 fully saturated rings. The molecule has 1 unspecified atom stereocenters. The zero-order chi connectivity index (χ0) is 11.4. The molecule has 0 saturated heterocycles. The van der Waals surface area contributed by atoms with Gasteiger partial charge >= 0.3 is 5.97 Å². The van der Waals surface area contributed by atoms with Crippen LogP contribution in [0.2, 0.25) is 0 Å². The van der Waals surface area contributed by atoms with Gasteiger partial charge < -0.3 is 4.74 Å². The maximum atomic E-state index is 11.7. The lowest BCUT2D eigenvalue weighted by atomic mass is 10.1. The second-order valence-electron chi connectivity index (χ2n) is 3.55. The molecule has 14 heavy (non-hydrogen) atoms. The first-order valence-corrected chi connectivity index (χ1v) is 6.37. The van der Waals surface area contributed by atoms with Crippen LogP contribution in [0.25, 0.3) is 0 Å². The maximum absolute atomic E-state index is 11.7. The van der Waals surface area contributed by atoms with Gasteiger partial charge in [0.05, 0.1) is 12.9 Å². The van der Waals surface area contributed by atoms with Crippen LogP contribution in [0.3, 0.4) is 0 Å². The zero-order valence-electron chi connectivity index (χ0n) is 9.11. The summed E-state index contributed by atoms with van der Waals surface area (Å²) in [7, 11) is -2.15. The molecule has 0 rings (SSSR count). The highest BCUT2D eigenvalue weighted by molar-refractivity contribution is 7.92. The predicted octanol–water partition coefficient (Wildman–Crippen LogP) is 1.01. The van der Waals surface area contributed by atoms with Gasteiger partial charge in [0, 0.05) is 0 Å². The lowest BCUT2D eigenvalue weighted by molar-refractivity contribution is -0.140. The molecule has 0 aromatic rings. The molecule has 0 amide bonds. The summed E-state index contributed by atoms with van der Waals surface area (Å²) in [6, 6.07) is 0. The number of hydrogen-bond donors (Lipinski definition) is 0. The Morgan fingerprint density at radius 1 is 1.36 bits per heavy atom. The lowest BCUT2D eigenvalue weighted by Crippen LogP contribution is -2.37. The molecule has 0 saturated carbocycles. The first-order chi connectivity index (χ1) is 6.36. The Bertz CT molecular complexity index is 279. The first-order valence-electron chi connectivity index (χ1n) is 4.66. The Labute approximate surface area is 85.6 Å². The molecule has 0 aliphatic rings. The van der Waals surface area contributed by atoms with Crippen molar-refractivity contribution < 1.29 is 17.9 Å². The van der Waals surface area contributed by atoms with Gasteiger partial charge in [-0.2, -0.15) is 0 Å². The van der Waals surface area contributed by atoms with E-state index in [4.69, 9.17) is 0 Å². The molecule has 5 heteroatoms. The summed E-state index contributed by atoms with van der Waals surface area (Å²) in [5, 5.41) is -1.02. The topological polar surface area (TPSA) is 60.4 Å². The average molecular weight is 222 g/mol. The summed E-state index contributed by atoms with van der Waals surface area (Å²) in [6.07, 6.45) is 0.516. The van der Waals surface area contributed by atoms with Gasteiger partial charge in [0.15, 0.2) is 15.1 Å². The van der Waals surface area contributed by atoms with Crippen LogP contribution in [-0.4, -0.2) is 32.5 Å². The van der Waals surface area contributed by atoms with E-state index in [9.17, 15) is 13.2 Å². The zero-order valence-corrected chi connectivity index (χ0v) is 9.93. The Balaban J connectivity index is 4.92. The van der Waals surface area contributed by atoms with Crippen molar-refractivity contribution in [2.24, 2.45) is 5.92 Å². The van der Waals surface area contributed by atoms with Crippen molar-refractivity contribution in [1.82, 2.24) is 0 Å². The Morgan fingerprint density at radius 3 is 2.14 bits per heavy atom. The van der Waals surface area contributed by atoms with Crippen LogP contribution in [0.4, 0.5) is 0 Å². The molecule has 0 aromatic carbocycles. The van der Waals surface area contributed by atoms with Crippen molar-refractivity contribution in [3.8, 4) is 0 Å². The van der Waals surface area contributed by atoms with Crippen molar-refractivity contribution >= 4 is 15.8 Å². The van der Waals surface area contributed by atoms with E-state index in [0.717, 1.165) is 0 Å². The summed E-state index contributed by atoms with van der Waals surface area (Å²) >= 11 is 0. The molecule has 4 nitrogen and oxygen atoms in total. The second kappa shape index (κ2) is 5.34. The quantitative estimate of drug-likeness (QED) is 0.651. The van der Waals surface area contributed by atoms with Crippen LogP contribution < -0.4 is 0 Å². The van der Waals surface area contributed by atoms with Crippen molar-refractivity contribution in [2.75, 3.05) is 12.9 Å². The summed E-state index contributed by atoms with van der Waals surface area (Å²) in [6.45, 7) is 5.18. The van der Waals surface area contributed by atoms with Gasteiger partial charge in [-0.05, 0) is 12.3 Å². The van der Waals surface area contributed by atoms with Gasteiger partial charge in [0.25, 0.3) is 0 Å². The summed E-state index contributed by atoms with van der Waals surface area (Å²) in [4.78, 5) is 11.3. The SMILES string of the molecule is CCCS(=O)(=O)C(C(=O)OC)C(C)C. The number of carbonyl (C=O) groups is 1. The summed E-state index contributed by atoms with van der Waals surface area (Å²) in [5.41, 5.74) is 0. The summed E-state index contributed by atoms with van der Waals surface area (Å²) in [5.74, 6) is -0.877. The normalized spacial score (nSPS) is 14.1. The highest BCUT2D eigenvalue weighted by Gasteiger charge is 2.35. The van der Waals surface area contributed by atoms with Crippen LogP contribution in [0, 0.1) is 5.92 Å². The first kappa shape index (κ1) is 13.4. The van der Waals surface area contributed by atoms with E-state index in [1.54, 1.807) is 20.8 Å². The smallest absolute Gasteiger partial charge is 0.324 e. The molecule has 0 heterocycles. The number of hydrogen-bond acceptors (Lipinski definition) is 4. The standard InChI is InChI=1S/C9H18O4S/c1-5-6-14(11,12)8(7(2)3)9(10)13-4/h7-8H,5-6H2,1-4H3. The van der Waals surface area contributed by atoms with Crippen LogP contribution in [0.15, 0.2) is 0 Å². The molecule has 84 valence electrons. The third-order valence-corrected chi connectivity index (χ3v) is 4.40. The largest absolute Gasteiger partial charge is 0.468 e.